The van der Waals surface area contributed by atoms with E-state index in [1.807, 2.05) is 27.7 Å². The molecule has 2 N–H and O–H groups in total. The zero-order chi connectivity index (χ0) is 17.3. The zero-order valence-electron chi connectivity index (χ0n) is 15.4. The number of nitrogens with zero attached hydrogens (tertiary/aromatic N) is 2. The number of amides is 1. The Balaban J connectivity index is 2.48. The predicted octanol–water partition coefficient (Wildman–Crippen LogP) is 2.74. The molecule has 0 radical (unpaired) electrons. The number of likely N-dealkylation sites (N-methyl/N-ethyl adjacent to an activating group) is 1. The Hall–Kier alpha value is -1.46. The molecule has 0 aromatic rings. The van der Waals surface area contributed by atoms with Crippen LogP contribution >= 0.6 is 0 Å². The number of aliphatic imine (C=N–C) groups is 1. The lowest BCUT2D eigenvalue weighted by atomic mass is 10.2. The average Bonchev–Trinajstić information content (AvgIpc) is 2.94. The fourth-order valence-electron chi connectivity index (χ4n) is 2.57. The van der Waals surface area contributed by atoms with Gasteiger partial charge in [0.05, 0.1) is 6.54 Å². The van der Waals surface area contributed by atoms with Gasteiger partial charge in [-0.15, -0.1) is 0 Å². The van der Waals surface area contributed by atoms with Crippen LogP contribution in [0, 0.1) is 0 Å². The maximum absolute atomic E-state index is 12.1. The van der Waals surface area contributed by atoms with Gasteiger partial charge in [-0.1, -0.05) is 12.8 Å². The summed E-state index contributed by atoms with van der Waals surface area (Å²) >= 11 is 0. The molecule has 1 amide bonds. The quantitative estimate of drug-likeness (QED) is 0.582. The highest BCUT2D eigenvalue weighted by molar-refractivity contribution is 5.80. The van der Waals surface area contributed by atoms with Crippen LogP contribution in [0.15, 0.2) is 4.99 Å². The minimum absolute atomic E-state index is 0.274. The summed E-state index contributed by atoms with van der Waals surface area (Å²) < 4.78 is 5.41. The fraction of sp³-hybridized carbons (Fsp3) is 0.882. The number of guanidine groups is 1. The van der Waals surface area contributed by atoms with Gasteiger partial charge in [-0.05, 0) is 47.5 Å². The smallest absolute Gasteiger partial charge is 0.410 e. The van der Waals surface area contributed by atoms with E-state index in [4.69, 9.17) is 4.74 Å². The summed E-state index contributed by atoms with van der Waals surface area (Å²) in [6.07, 6.45) is 4.73. The molecule has 0 saturated heterocycles. The molecule has 6 nitrogen and oxygen atoms in total. The highest BCUT2D eigenvalue weighted by Gasteiger charge is 2.21. The Labute approximate surface area is 141 Å². The normalized spacial score (nSPS) is 16.3. The summed E-state index contributed by atoms with van der Waals surface area (Å²) in [4.78, 5) is 18.4. The number of hydrogen-bond acceptors (Lipinski definition) is 3. The molecule has 0 heterocycles. The number of ether oxygens (including phenoxy) is 1. The van der Waals surface area contributed by atoms with E-state index in [-0.39, 0.29) is 6.09 Å². The third-order valence-electron chi connectivity index (χ3n) is 3.71. The molecule has 0 bridgehead atoms. The van der Waals surface area contributed by atoms with Gasteiger partial charge < -0.3 is 20.3 Å². The summed E-state index contributed by atoms with van der Waals surface area (Å²) in [6, 6.07) is 0.529. The lowest BCUT2D eigenvalue weighted by Crippen LogP contribution is -2.43. The molecule has 0 aromatic carbocycles. The number of carbonyl (C=O) groups excluding carboxylic acids is 1. The van der Waals surface area contributed by atoms with Crippen molar-refractivity contribution in [2.75, 3.05) is 26.2 Å². The molecular formula is C17H34N4O2. The summed E-state index contributed by atoms with van der Waals surface area (Å²) in [6.45, 7) is 12.2. The van der Waals surface area contributed by atoms with Gasteiger partial charge in [0.15, 0.2) is 5.96 Å². The van der Waals surface area contributed by atoms with Crippen molar-refractivity contribution in [3.05, 3.63) is 0 Å². The van der Waals surface area contributed by atoms with E-state index >= 15 is 0 Å². The van der Waals surface area contributed by atoms with Gasteiger partial charge in [-0.25, -0.2) is 4.79 Å². The number of hydrogen-bond donors (Lipinski definition) is 2. The second-order valence-corrected chi connectivity index (χ2v) is 6.95. The van der Waals surface area contributed by atoms with Crippen LogP contribution in [0.1, 0.15) is 60.3 Å². The summed E-state index contributed by atoms with van der Waals surface area (Å²) in [5.74, 6) is 0.847. The first-order chi connectivity index (χ1) is 10.9. The molecule has 0 aliphatic heterocycles. The van der Waals surface area contributed by atoms with Gasteiger partial charge in [0.2, 0.25) is 0 Å². The largest absolute Gasteiger partial charge is 0.444 e. The van der Waals surface area contributed by atoms with Crippen LogP contribution < -0.4 is 10.6 Å². The number of nitrogens with one attached hydrogen (secondary N) is 2. The molecule has 0 spiro atoms. The minimum Gasteiger partial charge on any atom is -0.444 e. The van der Waals surface area contributed by atoms with Gasteiger partial charge in [-0.3, -0.25) is 4.99 Å². The van der Waals surface area contributed by atoms with Crippen LogP contribution in [0.25, 0.3) is 0 Å². The van der Waals surface area contributed by atoms with E-state index in [9.17, 15) is 4.79 Å². The van der Waals surface area contributed by atoms with Gasteiger partial charge in [0.25, 0.3) is 0 Å². The van der Waals surface area contributed by atoms with Crippen molar-refractivity contribution in [2.24, 2.45) is 4.99 Å². The SMILES string of the molecule is CCNC(=NCCN(CC)C(=O)OC(C)(C)C)NC1CCCC1. The lowest BCUT2D eigenvalue weighted by Gasteiger charge is -2.26. The Bertz CT molecular complexity index is 385. The van der Waals surface area contributed by atoms with E-state index in [1.165, 1.54) is 25.7 Å². The molecular weight excluding hydrogens is 292 g/mol. The third-order valence-corrected chi connectivity index (χ3v) is 3.71. The molecule has 1 saturated carbocycles. The first-order valence-electron chi connectivity index (χ1n) is 8.88. The third kappa shape index (κ3) is 8.09. The molecule has 1 fully saturated rings. The second kappa shape index (κ2) is 9.63. The Morgan fingerprint density at radius 1 is 1.26 bits per heavy atom. The minimum atomic E-state index is -0.466. The van der Waals surface area contributed by atoms with E-state index in [1.54, 1.807) is 4.90 Å². The highest BCUT2D eigenvalue weighted by atomic mass is 16.6. The van der Waals surface area contributed by atoms with Crippen molar-refractivity contribution in [3.8, 4) is 0 Å². The van der Waals surface area contributed by atoms with Crippen molar-refractivity contribution in [2.45, 2.75) is 71.9 Å². The Morgan fingerprint density at radius 2 is 1.91 bits per heavy atom. The van der Waals surface area contributed by atoms with Crippen molar-refractivity contribution in [3.63, 3.8) is 0 Å². The Morgan fingerprint density at radius 3 is 2.43 bits per heavy atom. The predicted molar refractivity (Wildman–Crippen MR) is 94.9 cm³/mol. The van der Waals surface area contributed by atoms with Crippen LogP contribution in [0.4, 0.5) is 4.79 Å². The average molecular weight is 326 g/mol. The molecule has 134 valence electrons. The van der Waals surface area contributed by atoms with E-state index < -0.39 is 5.60 Å². The lowest BCUT2D eigenvalue weighted by molar-refractivity contribution is 0.0266. The van der Waals surface area contributed by atoms with Crippen LogP contribution in [0.5, 0.6) is 0 Å². The number of carbonyl (C=O) groups is 1. The van der Waals surface area contributed by atoms with Crippen molar-refractivity contribution in [1.82, 2.24) is 15.5 Å². The molecule has 0 atom stereocenters. The van der Waals surface area contributed by atoms with E-state index in [0.717, 1.165) is 12.5 Å². The zero-order valence-corrected chi connectivity index (χ0v) is 15.4. The van der Waals surface area contributed by atoms with Gasteiger partial charge >= 0.3 is 6.09 Å². The second-order valence-electron chi connectivity index (χ2n) is 6.95. The first kappa shape index (κ1) is 19.6. The van der Waals surface area contributed by atoms with E-state index in [0.29, 0.717) is 25.7 Å². The van der Waals surface area contributed by atoms with Gasteiger partial charge in [-0.2, -0.15) is 0 Å². The summed E-state index contributed by atoms with van der Waals surface area (Å²) in [7, 11) is 0. The molecule has 6 heteroatoms. The van der Waals surface area contributed by atoms with Crippen molar-refractivity contribution in [1.29, 1.82) is 0 Å². The topological polar surface area (TPSA) is 66.0 Å². The molecule has 1 rings (SSSR count). The van der Waals surface area contributed by atoms with E-state index in [2.05, 4.69) is 22.5 Å². The van der Waals surface area contributed by atoms with Crippen LogP contribution in [0.2, 0.25) is 0 Å². The Kier molecular flexibility index (Phi) is 8.20. The highest BCUT2D eigenvalue weighted by Crippen LogP contribution is 2.17. The molecule has 0 unspecified atom stereocenters. The van der Waals surface area contributed by atoms with Gasteiger partial charge in [0.1, 0.15) is 5.60 Å². The van der Waals surface area contributed by atoms with Crippen LogP contribution in [-0.2, 0) is 4.74 Å². The van der Waals surface area contributed by atoms with Crippen molar-refractivity contribution < 1.29 is 9.53 Å². The summed E-state index contributed by atoms with van der Waals surface area (Å²) in [5.41, 5.74) is -0.466. The molecule has 1 aliphatic rings. The van der Waals surface area contributed by atoms with Gasteiger partial charge in [0, 0.05) is 25.7 Å². The first-order valence-corrected chi connectivity index (χ1v) is 8.88. The standard InChI is InChI=1S/C17H34N4O2/c1-6-18-15(20-14-10-8-9-11-14)19-12-13-21(7-2)16(22)23-17(3,4)5/h14H,6-13H2,1-5H3,(H2,18,19,20). The van der Waals surface area contributed by atoms with Crippen LogP contribution in [0.3, 0.4) is 0 Å². The van der Waals surface area contributed by atoms with Crippen molar-refractivity contribution >= 4 is 12.1 Å². The molecule has 23 heavy (non-hydrogen) atoms. The number of rotatable bonds is 6. The fourth-order valence-corrected chi connectivity index (χ4v) is 2.57. The maximum Gasteiger partial charge on any atom is 0.410 e. The molecule has 0 aromatic heterocycles. The van der Waals surface area contributed by atoms with Crippen LogP contribution in [-0.4, -0.2) is 54.8 Å². The maximum atomic E-state index is 12.1. The monoisotopic (exact) mass is 326 g/mol. The molecule has 1 aliphatic carbocycles. The summed E-state index contributed by atoms with van der Waals surface area (Å²) in [5, 5.41) is 6.75.